The number of aromatic amines is 1. The highest BCUT2D eigenvalue weighted by Gasteiger charge is 2.05. The number of guanidine groups is 1. The molecule has 0 saturated carbocycles. The van der Waals surface area contributed by atoms with Crippen LogP contribution in [0.4, 0.5) is 0 Å². The van der Waals surface area contributed by atoms with Crippen molar-refractivity contribution in [1.82, 2.24) is 25.8 Å². The Balaban J connectivity index is 1.95. The van der Waals surface area contributed by atoms with E-state index in [-0.39, 0.29) is 0 Å². The van der Waals surface area contributed by atoms with Gasteiger partial charge in [0.15, 0.2) is 5.96 Å². The van der Waals surface area contributed by atoms with Gasteiger partial charge >= 0.3 is 0 Å². The van der Waals surface area contributed by atoms with Crippen molar-refractivity contribution in [1.29, 1.82) is 0 Å². The second kappa shape index (κ2) is 7.04. The molecule has 20 heavy (non-hydrogen) atoms. The number of nitrogens with one attached hydrogen (secondary N) is 3. The number of nitrogens with zero attached hydrogens (tertiary/aromatic N) is 3. The molecule has 2 aromatic heterocycles. The van der Waals surface area contributed by atoms with Gasteiger partial charge in [-0.05, 0) is 26.8 Å². The van der Waals surface area contributed by atoms with Gasteiger partial charge in [-0.25, -0.2) is 9.98 Å². The summed E-state index contributed by atoms with van der Waals surface area (Å²) in [5.41, 5.74) is 2.08. The first kappa shape index (κ1) is 14.5. The lowest BCUT2D eigenvalue weighted by Crippen LogP contribution is -2.36. The first-order valence-electron chi connectivity index (χ1n) is 6.62. The Kier molecular flexibility index (Phi) is 5.11. The number of H-pyrrole nitrogens is 1. The molecule has 0 atom stereocenters. The Morgan fingerprint density at radius 1 is 1.40 bits per heavy atom. The van der Waals surface area contributed by atoms with Crippen LogP contribution in [0.25, 0.3) is 0 Å². The van der Waals surface area contributed by atoms with Crippen LogP contribution in [-0.2, 0) is 13.1 Å². The molecule has 0 spiro atoms. The first-order valence-corrected chi connectivity index (χ1v) is 7.44. The van der Waals surface area contributed by atoms with Crippen molar-refractivity contribution in [2.75, 3.05) is 6.54 Å². The standard InChI is InChI=1S/C13H20N6S/c1-4-14-13(15-7-11-5-6-17-19-11)16-8-12-9(2)18-10(3)20-12/h5-6H,4,7-8H2,1-3H3,(H,17,19)(H2,14,15,16). The molecule has 0 unspecified atom stereocenters. The van der Waals surface area contributed by atoms with E-state index in [9.17, 15) is 0 Å². The zero-order valence-corrected chi connectivity index (χ0v) is 12.8. The van der Waals surface area contributed by atoms with Gasteiger partial charge in [0.1, 0.15) is 0 Å². The first-order chi connectivity index (χ1) is 9.69. The lowest BCUT2D eigenvalue weighted by atomic mass is 10.4. The number of aromatic nitrogens is 3. The Morgan fingerprint density at radius 2 is 2.25 bits per heavy atom. The predicted molar refractivity (Wildman–Crippen MR) is 81.8 cm³/mol. The smallest absolute Gasteiger partial charge is 0.191 e. The van der Waals surface area contributed by atoms with E-state index in [0.29, 0.717) is 6.54 Å². The molecule has 0 radical (unpaired) electrons. The zero-order valence-electron chi connectivity index (χ0n) is 12.0. The summed E-state index contributed by atoms with van der Waals surface area (Å²) in [6.07, 6.45) is 1.73. The van der Waals surface area contributed by atoms with E-state index in [0.717, 1.165) is 35.4 Å². The van der Waals surface area contributed by atoms with Crippen LogP contribution < -0.4 is 10.6 Å². The molecule has 0 aromatic carbocycles. The molecule has 0 bridgehead atoms. The van der Waals surface area contributed by atoms with Crippen molar-refractivity contribution < 1.29 is 0 Å². The average Bonchev–Trinajstić information content (AvgIpc) is 3.03. The van der Waals surface area contributed by atoms with E-state index in [4.69, 9.17) is 0 Å². The molecule has 0 aliphatic heterocycles. The number of aliphatic imine (C=N–C) groups is 1. The highest BCUT2D eigenvalue weighted by molar-refractivity contribution is 7.11. The highest BCUT2D eigenvalue weighted by Crippen LogP contribution is 2.16. The highest BCUT2D eigenvalue weighted by atomic mass is 32.1. The maximum Gasteiger partial charge on any atom is 0.191 e. The lowest BCUT2D eigenvalue weighted by molar-refractivity contribution is 0.813. The fraction of sp³-hybridized carbons (Fsp3) is 0.462. The molecule has 0 aliphatic carbocycles. The minimum Gasteiger partial charge on any atom is -0.357 e. The third-order valence-electron chi connectivity index (χ3n) is 2.73. The van der Waals surface area contributed by atoms with Gasteiger partial charge < -0.3 is 10.6 Å². The van der Waals surface area contributed by atoms with Gasteiger partial charge in [-0.2, -0.15) is 5.10 Å². The Bertz CT molecular complexity index is 557. The molecule has 2 heterocycles. The summed E-state index contributed by atoms with van der Waals surface area (Å²) in [6.45, 7) is 8.26. The summed E-state index contributed by atoms with van der Waals surface area (Å²) in [5.74, 6) is 0.799. The largest absolute Gasteiger partial charge is 0.357 e. The van der Waals surface area contributed by atoms with Crippen LogP contribution in [0, 0.1) is 13.8 Å². The summed E-state index contributed by atoms with van der Waals surface area (Å²) in [7, 11) is 0. The van der Waals surface area contributed by atoms with Gasteiger partial charge in [-0.1, -0.05) is 0 Å². The molecule has 7 heteroatoms. The second-order valence-corrected chi connectivity index (χ2v) is 5.66. The van der Waals surface area contributed by atoms with Gasteiger partial charge in [-0.15, -0.1) is 11.3 Å². The van der Waals surface area contributed by atoms with Crippen LogP contribution in [-0.4, -0.2) is 27.7 Å². The van der Waals surface area contributed by atoms with Crippen molar-refractivity contribution in [3.63, 3.8) is 0 Å². The van der Waals surface area contributed by atoms with E-state index >= 15 is 0 Å². The Hall–Kier alpha value is -1.89. The average molecular weight is 292 g/mol. The van der Waals surface area contributed by atoms with Gasteiger partial charge in [0, 0.05) is 17.6 Å². The van der Waals surface area contributed by atoms with Gasteiger partial charge in [0.2, 0.25) is 0 Å². The molecular formula is C13H20N6S. The molecule has 0 aliphatic rings. The second-order valence-electron chi connectivity index (χ2n) is 4.37. The van der Waals surface area contributed by atoms with Crippen LogP contribution >= 0.6 is 11.3 Å². The topological polar surface area (TPSA) is 78.0 Å². The number of hydrogen-bond acceptors (Lipinski definition) is 4. The quantitative estimate of drug-likeness (QED) is 0.579. The molecule has 3 N–H and O–H groups in total. The molecule has 0 amide bonds. The number of aryl methyl sites for hydroxylation is 2. The normalized spacial score (nSPS) is 11.7. The van der Waals surface area contributed by atoms with E-state index in [1.165, 1.54) is 4.88 Å². The molecule has 2 rings (SSSR count). The van der Waals surface area contributed by atoms with Crippen molar-refractivity contribution in [3.8, 4) is 0 Å². The maximum atomic E-state index is 4.51. The van der Waals surface area contributed by atoms with E-state index in [1.54, 1.807) is 17.5 Å². The summed E-state index contributed by atoms with van der Waals surface area (Å²) < 4.78 is 0. The Labute approximate surface area is 122 Å². The monoisotopic (exact) mass is 292 g/mol. The van der Waals surface area contributed by atoms with Crippen molar-refractivity contribution >= 4 is 17.3 Å². The zero-order chi connectivity index (χ0) is 14.4. The number of rotatable bonds is 5. The van der Waals surface area contributed by atoms with E-state index in [2.05, 4.69) is 37.7 Å². The SMILES string of the molecule is CCNC(=NCc1ccn[nH]1)NCc1sc(C)nc1C. The fourth-order valence-corrected chi connectivity index (χ4v) is 2.66. The van der Waals surface area contributed by atoms with E-state index < -0.39 is 0 Å². The Morgan fingerprint density at radius 3 is 2.85 bits per heavy atom. The third kappa shape index (κ3) is 4.06. The van der Waals surface area contributed by atoms with Crippen molar-refractivity contribution in [2.24, 2.45) is 4.99 Å². The summed E-state index contributed by atoms with van der Waals surface area (Å²) in [6, 6.07) is 1.92. The summed E-state index contributed by atoms with van der Waals surface area (Å²) in [5, 5.41) is 14.5. The van der Waals surface area contributed by atoms with Gasteiger partial charge in [0.05, 0.1) is 29.5 Å². The molecule has 6 nitrogen and oxygen atoms in total. The molecule has 0 fully saturated rings. The number of hydrogen-bond donors (Lipinski definition) is 3. The van der Waals surface area contributed by atoms with Gasteiger partial charge in [0.25, 0.3) is 0 Å². The van der Waals surface area contributed by atoms with Crippen LogP contribution in [0.5, 0.6) is 0 Å². The van der Waals surface area contributed by atoms with Crippen molar-refractivity contribution in [2.45, 2.75) is 33.9 Å². The fourth-order valence-electron chi connectivity index (χ4n) is 1.78. The van der Waals surface area contributed by atoms with Crippen LogP contribution in [0.2, 0.25) is 0 Å². The predicted octanol–water partition coefficient (Wildman–Crippen LogP) is 1.74. The van der Waals surface area contributed by atoms with Crippen LogP contribution in [0.3, 0.4) is 0 Å². The maximum absolute atomic E-state index is 4.51. The van der Waals surface area contributed by atoms with Crippen LogP contribution in [0.15, 0.2) is 17.3 Å². The third-order valence-corrected chi connectivity index (χ3v) is 3.80. The van der Waals surface area contributed by atoms with Crippen molar-refractivity contribution in [3.05, 3.63) is 33.5 Å². The number of thiazole rings is 1. The van der Waals surface area contributed by atoms with Crippen LogP contribution in [0.1, 0.15) is 28.2 Å². The summed E-state index contributed by atoms with van der Waals surface area (Å²) >= 11 is 1.72. The minimum absolute atomic E-state index is 0.579. The molecule has 2 aromatic rings. The molecule has 0 saturated heterocycles. The minimum atomic E-state index is 0.579. The summed E-state index contributed by atoms with van der Waals surface area (Å²) in [4.78, 5) is 10.2. The molecule has 108 valence electrons. The lowest BCUT2D eigenvalue weighted by Gasteiger charge is -2.10. The van der Waals surface area contributed by atoms with E-state index in [1.807, 2.05) is 19.9 Å². The molecular weight excluding hydrogens is 272 g/mol. The van der Waals surface area contributed by atoms with Gasteiger partial charge in [-0.3, -0.25) is 5.10 Å².